The van der Waals surface area contributed by atoms with E-state index in [4.69, 9.17) is 11.6 Å². The van der Waals surface area contributed by atoms with E-state index < -0.39 is 30.1 Å². The number of rotatable bonds is 7. The number of aliphatic hydroxyl groups excluding tert-OH is 2. The number of amides is 2. The highest BCUT2D eigenvalue weighted by molar-refractivity contribution is 6.31. The molecule has 2 heterocycles. The minimum atomic E-state index is -1.89. The van der Waals surface area contributed by atoms with E-state index in [1.165, 1.54) is 4.90 Å². The van der Waals surface area contributed by atoms with Gasteiger partial charge in [-0.25, -0.2) is 0 Å². The van der Waals surface area contributed by atoms with Crippen molar-refractivity contribution in [3.8, 4) is 0 Å². The summed E-state index contributed by atoms with van der Waals surface area (Å²) in [5.74, 6) is -1.54. The molecule has 172 valence electrons. The molecule has 0 saturated heterocycles. The number of aromatic nitrogens is 2. The lowest BCUT2D eigenvalue weighted by Crippen LogP contribution is -2.50. The van der Waals surface area contributed by atoms with Crippen LogP contribution in [-0.4, -0.2) is 48.9 Å². The van der Waals surface area contributed by atoms with Gasteiger partial charge >= 0.3 is 0 Å². The van der Waals surface area contributed by atoms with Gasteiger partial charge < -0.3 is 20.4 Å². The zero-order chi connectivity index (χ0) is 23.5. The van der Waals surface area contributed by atoms with Crippen LogP contribution in [0.5, 0.6) is 0 Å². The van der Waals surface area contributed by atoms with Crippen molar-refractivity contribution in [2.24, 2.45) is 0 Å². The SMILES string of the molecule is C[C@H](NC(=O)[C@H](O)[C@@H](O)C(=O)N1Cc2ccccc2C1)c1ccn(Cc2ccccc2Cl)n1. The molecule has 0 aliphatic carbocycles. The number of aliphatic hydroxyl groups is 2. The number of fused-ring (bicyclic) bond motifs is 1. The molecule has 0 saturated carbocycles. The zero-order valence-electron chi connectivity index (χ0n) is 18.1. The monoisotopic (exact) mass is 468 g/mol. The van der Waals surface area contributed by atoms with Crippen molar-refractivity contribution >= 4 is 23.4 Å². The van der Waals surface area contributed by atoms with Crippen molar-refractivity contribution in [2.75, 3.05) is 0 Å². The molecule has 3 aromatic rings. The summed E-state index contributed by atoms with van der Waals surface area (Å²) in [6, 6.07) is 16.2. The predicted octanol–water partition coefficient (Wildman–Crippen LogP) is 2.03. The van der Waals surface area contributed by atoms with E-state index in [1.807, 2.05) is 42.5 Å². The van der Waals surface area contributed by atoms with Gasteiger partial charge in [0.15, 0.2) is 12.2 Å². The van der Waals surface area contributed by atoms with Crippen molar-refractivity contribution in [2.45, 2.75) is 44.8 Å². The van der Waals surface area contributed by atoms with Crippen molar-refractivity contribution in [1.29, 1.82) is 0 Å². The summed E-state index contributed by atoms with van der Waals surface area (Å²) >= 11 is 6.20. The van der Waals surface area contributed by atoms with E-state index in [1.54, 1.807) is 29.9 Å². The Balaban J connectivity index is 1.33. The van der Waals surface area contributed by atoms with Gasteiger partial charge in [-0.15, -0.1) is 0 Å². The summed E-state index contributed by atoms with van der Waals surface area (Å²) < 4.78 is 1.69. The second-order valence-electron chi connectivity index (χ2n) is 8.11. The van der Waals surface area contributed by atoms with E-state index >= 15 is 0 Å². The first kappa shape index (κ1) is 23.0. The molecule has 0 spiro atoms. The molecule has 2 amide bonds. The fourth-order valence-corrected chi connectivity index (χ4v) is 4.02. The first-order valence-corrected chi connectivity index (χ1v) is 11.0. The molecule has 9 heteroatoms. The molecule has 33 heavy (non-hydrogen) atoms. The third-order valence-corrected chi connectivity index (χ3v) is 6.10. The van der Waals surface area contributed by atoms with Gasteiger partial charge in [-0.05, 0) is 35.7 Å². The maximum Gasteiger partial charge on any atom is 0.255 e. The van der Waals surface area contributed by atoms with Crippen molar-refractivity contribution in [3.05, 3.63) is 88.2 Å². The number of carbonyl (C=O) groups is 2. The Morgan fingerprint density at radius 1 is 1.03 bits per heavy atom. The van der Waals surface area contributed by atoms with Crippen LogP contribution in [0.15, 0.2) is 60.8 Å². The highest BCUT2D eigenvalue weighted by Crippen LogP contribution is 2.23. The van der Waals surface area contributed by atoms with Crippen LogP contribution in [-0.2, 0) is 29.2 Å². The fourth-order valence-electron chi connectivity index (χ4n) is 3.82. The molecule has 1 aliphatic rings. The molecule has 3 atom stereocenters. The van der Waals surface area contributed by atoms with E-state index in [0.717, 1.165) is 16.7 Å². The van der Waals surface area contributed by atoms with Gasteiger partial charge in [0.05, 0.1) is 18.3 Å². The Hall–Kier alpha value is -3.20. The lowest BCUT2D eigenvalue weighted by Gasteiger charge is -2.23. The zero-order valence-corrected chi connectivity index (χ0v) is 18.8. The minimum absolute atomic E-state index is 0.333. The number of nitrogens with one attached hydrogen (secondary N) is 1. The third kappa shape index (κ3) is 5.08. The number of halogens is 1. The summed E-state index contributed by atoms with van der Waals surface area (Å²) in [7, 11) is 0. The molecule has 3 N–H and O–H groups in total. The number of hydrogen-bond acceptors (Lipinski definition) is 5. The van der Waals surface area contributed by atoms with Gasteiger partial charge in [0.1, 0.15) is 0 Å². The quantitative estimate of drug-likeness (QED) is 0.491. The summed E-state index contributed by atoms with van der Waals surface area (Å²) in [5.41, 5.74) is 3.45. The summed E-state index contributed by atoms with van der Waals surface area (Å²) in [4.78, 5) is 26.6. The Bertz CT molecular complexity index is 1140. The minimum Gasteiger partial charge on any atom is -0.380 e. The Morgan fingerprint density at radius 2 is 1.67 bits per heavy atom. The van der Waals surface area contributed by atoms with Gasteiger partial charge in [0.25, 0.3) is 11.8 Å². The summed E-state index contributed by atoms with van der Waals surface area (Å²) in [6.45, 7) is 2.84. The molecule has 1 aromatic heterocycles. The molecule has 0 radical (unpaired) electrons. The highest BCUT2D eigenvalue weighted by Gasteiger charge is 2.36. The smallest absolute Gasteiger partial charge is 0.255 e. The van der Waals surface area contributed by atoms with E-state index in [9.17, 15) is 19.8 Å². The third-order valence-electron chi connectivity index (χ3n) is 5.73. The van der Waals surface area contributed by atoms with Gasteiger partial charge in [-0.1, -0.05) is 54.1 Å². The van der Waals surface area contributed by atoms with Crippen LogP contribution in [0.4, 0.5) is 0 Å². The predicted molar refractivity (Wildman–Crippen MR) is 122 cm³/mol. The van der Waals surface area contributed by atoms with Crippen molar-refractivity contribution < 1.29 is 19.8 Å². The van der Waals surface area contributed by atoms with Crippen LogP contribution >= 0.6 is 11.6 Å². The highest BCUT2D eigenvalue weighted by atomic mass is 35.5. The van der Waals surface area contributed by atoms with Crippen molar-refractivity contribution in [3.63, 3.8) is 0 Å². The fraction of sp³-hybridized carbons (Fsp3) is 0.292. The Kier molecular flexibility index (Phi) is 6.78. The van der Waals surface area contributed by atoms with Crippen LogP contribution in [0.2, 0.25) is 5.02 Å². The molecule has 0 fully saturated rings. The van der Waals surface area contributed by atoms with Crippen LogP contribution in [0.3, 0.4) is 0 Å². The van der Waals surface area contributed by atoms with Gasteiger partial charge in [0, 0.05) is 24.3 Å². The number of carbonyl (C=O) groups excluding carboxylic acids is 2. The Labute approximate surface area is 196 Å². The second-order valence-corrected chi connectivity index (χ2v) is 8.52. The van der Waals surface area contributed by atoms with E-state index in [-0.39, 0.29) is 0 Å². The summed E-state index contributed by atoms with van der Waals surface area (Å²) in [6.07, 6.45) is -1.99. The van der Waals surface area contributed by atoms with Gasteiger partial charge in [-0.3, -0.25) is 14.3 Å². The number of nitrogens with zero attached hydrogens (tertiary/aromatic N) is 3. The lowest BCUT2D eigenvalue weighted by atomic mass is 10.1. The topological polar surface area (TPSA) is 108 Å². The number of benzene rings is 2. The second kappa shape index (κ2) is 9.74. The maximum atomic E-state index is 12.6. The van der Waals surface area contributed by atoms with Gasteiger partial charge in [0.2, 0.25) is 0 Å². The first-order chi connectivity index (χ1) is 15.8. The normalized spacial score (nSPS) is 15.6. The molecule has 2 aromatic carbocycles. The molecular weight excluding hydrogens is 444 g/mol. The number of hydrogen-bond donors (Lipinski definition) is 3. The standard InChI is InChI=1S/C24H25ClN4O4/c1-15(20-10-11-29(27-20)14-18-8-4-5-9-19(18)25)26-23(32)21(30)22(31)24(33)28-12-16-6-2-3-7-17(16)13-28/h2-11,15,21-22,30-31H,12-14H2,1H3,(H,26,32)/t15-,21+,22+/m0/s1. The Morgan fingerprint density at radius 3 is 2.33 bits per heavy atom. The average Bonchev–Trinajstić information content (AvgIpc) is 3.46. The lowest BCUT2D eigenvalue weighted by molar-refractivity contribution is -0.153. The van der Waals surface area contributed by atoms with Crippen LogP contribution < -0.4 is 5.32 Å². The molecule has 4 rings (SSSR count). The van der Waals surface area contributed by atoms with E-state index in [2.05, 4.69) is 10.4 Å². The molecule has 8 nitrogen and oxygen atoms in total. The van der Waals surface area contributed by atoms with Crippen LogP contribution in [0, 0.1) is 0 Å². The maximum absolute atomic E-state index is 12.6. The molecule has 0 unspecified atom stereocenters. The van der Waals surface area contributed by atoms with Crippen molar-refractivity contribution in [1.82, 2.24) is 20.0 Å². The summed E-state index contributed by atoms with van der Waals surface area (Å²) in [5, 5.41) is 28.3. The van der Waals surface area contributed by atoms with Crippen LogP contribution in [0.25, 0.3) is 0 Å². The van der Waals surface area contributed by atoms with Crippen LogP contribution in [0.1, 0.15) is 35.3 Å². The first-order valence-electron chi connectivity index (χ1n) is 10.6. The average molecular weight is 469 g/mol. The molecule has 1 aliphatic heterocycles. The van der Waals surface area contributed by atoms with Gasteiger partial charge in [-0.2, -0.15) is 5.10 Å². The molecule has 0 bridgehead atoms. The molecular formula is C24H25ClN4O4. The largest absolute Gasteiger partial charge is 0.380 e. The van der Waals surface area contributed by atoms with E-state index in [0.29, 0.717) is 30.4 Å².